The van der Waals surface area contributed by atoms with E-state index in [9.17, 15) is 9.90 Å². The van der Waals surface area contributed by atoms with Crippen molar-refractivity contribution >= 4 is 11.7 Å². The molecule has 0 saturated carbocycles. The summed E-state index contributed by atoms with van der Waals surface area (Å²) in [6.45, 7) is 4.77. The van der Waals surface area contributed by atoms with E-state index in [0.717, 1.165) is 37.3 Å². The number of aromatic hydroxyl groups is 1. The van der Waals surface area contributed by atoms with E-state index in [2.05, 4.69) is 17.3 Å². The topological polar surface area (TPSA) is 70.4 Å². The zero-order chi connectivity index (χ0) is 18.0. The van der Waals surface area contributed by atoms with Gasteiger partial charge in [-0.3, -0.25) is 14.4 Å². The molecule has 1 amide bonds. The van der Waals surface area contributed by atoms with Crippen LogP contribution in [0.25, 0.3) is 0 Å². The van der Waals surface area contributed by atoms with Gasteiger partial charge in [0.1, 0.15) is 11.6 Å². The molecule has 0 aliphatic carbocycles. The number of phenolic OH excluding ortho intramolecular Hbond substituents is 1. The SMILES string of the molecule is Cc1cc(N2CC[C@@H](N[C@@H](C)CCc3ccc(O)cc3)C2=O)n(C)n1. The third-order valence-electron chi connectivity index (χ3n) is 4.75. The van der Waals surface area contributed by atoms with Crippen molar-refractivity contribution in [3.8, 4) is 5.75 Å². The molecule has 2 heterocycles. The Bertz CT molecular complexity index is 738. The first-order chi connectivity index (χ1) is 11.9. The Morgan fingerprint density at radius 3 is 2.72 bits per heavy atom. The number of aromatic nitrogens is 2. The molecule has 2 atom stereocenters. The maximum Gasteiger partial charge on any atom is 0.245 e. The molecule has 1 aromatic heterocycles. The van der Waals surface area contributed by atoms with E-state index in [4.69, 9.17) is 0 Å². The van der Waals surface area contributed by atoms with Crippen LogP contribution in [0.2, 0.25) is 0 Å². The number of anilines is 1. The predicted octanol–water partition coefficient (Wildman–Crippen LogP) is 2.15. The van der Waals surface area contributed by atoms with Crippen molar-refractivity contribution in [1.82, 2.24) is 15.1 Å². The number of benzene rings is 1. The molecule has 3 rings (SSSR count). The van der Waals surface area contributed by atoms with Crippen molar-refractivity contribution in [3.63, 3.8) is 0 Å². The standard InChI is InChI=1S/C19H26N4O2/c1-13(4-5-15-6-8-16(24)9-7-15)20-17-10-11-23(19(17)25)18-12-14(2)21-22(18)3/h6-9,12-13,17,20,24H,4-5,10-11H2,1-3H3/t13-,17+/m0/s1. The van der Waals surface area contributed by atoms with Crippen molar-refractivity contribution < 1.29 is 9.90 Å². The predicted molar refractivity (Wildman–Crippen MR) is 97.7 cm³/mol. The zero-order valence-corrected chi connectivity index (χ0v) is 15.1. The average molecular weight is 342 g/mol. The second-order valence-corrected chi connectivity index (χ2v) is 6.87. The van der Waals surface area contributed by atoms with E-state index in [1.54, 1.807) is 16.8 Å². The van der Waals surface area contributed by atoms with Gasteiger partial charge in [-0.15, -0.1) is 0 Å². The highest BCUT2D eigenvalue weighted by Crippen LogP contribution is 2.22. The highest BCUT2D eigenvalue weighted by atomic mass is 16.3. The molecule has 0 spiro atoms. The van der Waals surface area contributed by atoms with Crippen molar-refractivity contribution in [2.75, 3.05) is 11.4 Å². The molecular weight excluding hydrogens is 316 g/mol. The van der Waals surface area contributed by atoms with Crippen LogP contribution < -0.4 is 10.2 Å². The number of phenols is 1. The summed E-state index contributed by atoms with van der Waals surface area (Å²) in [7, 11) is 1.87. The Morgan fingerprint density at radius 1 is 1.36 bits per heavy atom. The van der Waals surface area contributed by atoms with E-state index in [-0.39, 0.29) is 23.7 Å². The Hall–Kier alpha value is -2.34. The molecule has 1 aliphatic rings. The fourth-order valence-corrected chi connectivity index (χ4v) is 3.38. The molecule has 1 aliphatic heterocycles. The van der Waals surface area contributed by atoms with Gasteiger partial charge in [0.05, 0.1) is 11.7 Å². The summed E-state index contributed by atoms with van der Waals surface area (Å²) in [5, 5.41) is 17.1. The summed E-state index contributed by atoms with van der Waals surface area (Å²) in [6.07, 6.45) is 2.67. The number of nitrogens with zero attached hydrogens (tertiary/aromatic N) is 3. The smallest absolute Gasteiger partial charge is 0.245 e. The van der Waals surface area contributed by atoms with Crippen LogP contribution in [0.3, 0.4) is 0 Å². The molecular formula is C19H26N4O2. The number of carbonyl (C=O) groups is 1. The Morgan fingerprint density at radius 2 is 2.08 bits per heavy atom. The molecule has 25 heavy (non-hydrogen) atoms. The molecule has 6 nitrogen and oxygen atoms in total. The van der Waals surface area contributed by atoms with Gasteiger partial charge < -0.3 is 10.4 Å². The first-order valence-corrected chi connectivity index (χ1v) is 8.80. The molecule has 6 heteroatoms. The number of amides is 1. The lowest BCUT2D eigenvalue weighted by Crippen LogP contribution is -2.43. The summed E-state index contributed by atoms with van der Waals surface area (Å²) in [5.74, 6) is 1.28. The van der Waals surface area contributed by atoms with Crippen molar-refractivity contribution in [2.24, 2.45) is 7.05 Å². The molecule has 0 radical (unpaired) electrons. The summed E-state index contributed by atoms with van der Waals surface area (Å²) >= 11 is 0. The van der Waals surface area contributed by atoms with Crippen LogP contribution in [0.5, 0.6) is 5.75 Å². The van der Waals surface area contributed by atoms with Gasteiger partial charge in [-0.05, 0) is 50.8 Å². The monoisotopic (exact) mass is 342 g/mol. The van der Waals surface area contributed by atoms with Gasteiger partial charge in [0.25, 0.3) is 0 Å². The zero-order valence-electron chi connectivity index (χ0n) is 15.1. The lowest BCUT2D eigenvalue weighted by Gasteiger charge is -2.20. The van der Waals surface area contributed by atoms with Gasteiger partial charge in [0, 0.05) is 25.7 Å². The van der Waals surface area contributed by atoms with Crippen molar-refractivity contribution in [2.45, 2.75) is 45.2 Å². The Kier molecular flexibility index (Phi) is 5.08. The first kappa shape index (κ1) is 17.5. The number of aryl methyl sites for hydroxylation is 3. The molecule has 1 aromatic carbocycles. The van der Waals surface area contributed by atoms with Gasteiger partial charge in [-0.2, -0.15) is 5.10 Å². The van der Waals surface area contributed by atoms with Crippen LogP contribution in [0.4, 0.5) is 5.82 Å². The molecule has 1 saturated heterocycles. The fraction of sp³-hybridized carbons (Fsp3) is 0.474. The number of carbonyl (C=O) groups excluding carboxylic acids is 1. The average Bonchev–Trinajstić information content (AvgIpc) is 3.09. The molecule has 2 aromatic rings. The third-order valence-corrected chi connectivity index (χ3v) is 4.75. The second-order valence-electron chi connectivity index (χ2n) is 6.87. The summed E-state index contributed by atoms with van der Waals surface area (Å²) in [4.78, 5) is 14.5. The van der Waals surface area contributed by atoms with Crippen molar-refractivity contribution in [3.05, 3.63) is 41.6 Å². The van der Waals surface area contributed by atoms with Gasteiger partial charge in [0.15, 0.2) is 0 Å². The van der Waals surface area contributed by atoms with E-state index in [0.29, 0.717) is 0 Å². The first-order valence-electron chi connectivity index (χ1n) is 8.80. The Labute approximate surface area is 148 Å². The van der Waals surface area contributed by atoms with Gasteiger partial charge in [0.2, 0.25) is 5.91 Å². The van der Waals surface area contributed by atoms with Crippen LogP contribution in [-0.4, -0.2) is 39.4 Å². The highest BCUT2D eigenvalue weighted by molar-refractivity contribution is 5.98. The van der Waals surface area contributed by atoms with Crippen LogP contribution in [0.15, 0.2) is 30.3 Å². The van der Waals surface area contributed by atoms with Crippen LogP contribution in [0.1, 0.15) is 31.0 Å². The van der Waals surface area contributed by atoms with Crippen molar-refractivity contribution in [1.29, 1.82) is 0 Å². The summed E-state index contributed by atoms with van der Waals surface area (Å²) in [6, 6.07) is 9.36. The van der Waals surface area contributed by atoms with Crippen LogP contribution in [0, 0.1) is 6.92 Å². The maximum absolute atomic E-state index is 12.7. The quantitative estimate of drug-likeness (QED) is 0.844. The Balaban J connectivity index is 1.53. The summed E-state index contributed by atoms with van der Waals surface area (Å²) in [5.41, 5.74) is 2.11. The normalized spacial score (nSPS) is 18.8. The van der Waals surface area contributed by atoms with E-state index < -0.39 is 0 Å². The second kappa shape index (κ2) is 7.27. The van der Waals surface area contributed by atoms with Crippen LogP contribution in [-0.2, 0) is 18.3 Å². The fourth-order valence-electron chi connectivity index (χ4n) is 3.38. The number of rotatable bonds is 6. The molecule has 2 N–H and O–H groups in total. The van der Waals surface area contributed by atoms with E-state index >= 15 is 0 Å². The lowest BCUT2D eigenvalue weighted by molar-refractivity contribution is -0.119. The minimum atomic E-state index is -0.134. The molecule has 0 unspecified atom stereocenters. The van der Waals surface area contributed by atoms with E-state index in [1.807, 2.05) is 37.1 Å². The molecule has 0 bridgehead atoms. The summed E-state index contributed by atoms with van der Waals surface area (Å²) < 4.78 is 1.77. The van der Waals surface area contributed by atoms with Crippen LogP contribution >= 0.6 is 0 Å². The molecule has 1 fully saturated rings. The lowest BCUT2D eigenvalue weighted by atomic mass is 10.1. The largest absolute Gasteiger partial charge is 0.508 e. The number of nitrogens with one attached hydrogen (secondary N) is 1. The molecule has 134 valence electrons. The third kappa shape index (κ3) is 4.02. The number of hydrogen-bond acceptors (Lipinski definition) is 4. The minimum absolute atomic E-state index is 0.125. The number of hydrogen-bond donors (Lipinski definition) is 2. The van der Waals surface area contributed by atoms with Gasteiger partial charge >= 0.3 is 0 Å². The van der Waals surface area contributed by atoms with Gasteiger partial charge in [-0.25, -0.2) is 0 Å². The minimum Gasteiger partial charge on any atom is -0.508 e. The van der Waals surface area contributed by atoms with Gasteiger partial charge in [-0.1, -0.05) is 12.1 Å². The highest BCUT2D eigenvalue weighted by Gasteiger charge is 2.34. The van der Waals surface area contributed by atoms with E-state index in [1.165, 1.54) is 5.56 Å². The maximum atomic E-state index is 12.7.